The molecule has 0 heteroatoms. The third kappa shape index (κ3) is 5.01. The summed E-state index contributed by atoms with van der Waals surface area (Å²) in [6.07, 6.45) is 6.04. The summed E-state index contributed by atoms with van der Waals surface area (Å²) in [5, 5.41) is 0. The predicted octanol–water partition coefficient (Wildman–Crippen LogP) is 11.7. The van der Waals surface area contributed by atoms with Crippen molar-refractivity contribution in [1.29, 1.82) is 0 Å². The first kappa shape index (κ1) is 30.4. The molecule has 0 saturated heterocycles. The van der Waals surface area contributed by atoms with Crippen LogP contribution in [0.2, 0.25) is 0 Å². The molecule has 226 valence electrons. The molecular weight excluding hydrogens is 528 g/mol. The van der Waals surface area contributed by atoms with Crippen LogP contribution in [0.1, 0.15) is 108 Å². The maximum atomic E-state index is 2.60. The minimum atomic E-state index is -0.393. The molecule has 6 rings (SSSR count). The molecule has 0 saturated carbocycles. The van der Waals surface area contributed by atoms with E-state index in [2.05, 4.69) is 172 Å². The molecule has 0 aromatic heterocycles. The smallest absolute Gasteiger partial charge is 0.0554 e. The van der Waals surface area contributed by atoms with E-state index in [9.17, 15) is 0 Å². The van der Waals surface area contributed by atoms with Crippen molar-refractivity contribution in [3.8, 4) is 11.1 Å². The minimum absolute atomic E-state index is 0.000254. The predicted molar refractivity (Wildman–Crippen MR) is 190 cm³/mol. The average molecular weight is 579 g/mol. The fourth-order valence-electron chi connectivity index (χ4n) is 7.56. The Kier molecular flexibility index (Phi) is 7.23. The highest BCUT2D eigenvalue weighted by atomic mass is 14.5. The lowest BCUT2D eigenvalue weighted by Crippen LogP contribution is -2.38. The Labute approximate surface area is 267 Å². The van der Waals surface area contributed by atoms with Crippen molar-refractivity contribution in [2.45, 2.75) is 91.9 Å². The Bertz CT molecular complexity index is 1720. The number of fused-ring (bicyclic) bond motifs is 3. The third-order valence-corrected chi connectivity index (χ3v) is 10.2. The number of rotatable bonds is 4. The van der Waals surface area contributed by atoms with Gasteiger partial charge in [0.1, 0.15) is 0 Å². The summed E-state index contributed by atoms with van der Waals surface area (Å²) in [4.78, 5) is 0. The number of hydrogen-bond donors (Lipinski definition) is 0. The van der Waals surface area contributed by atoms with Gasteiger partial charge in [0, 0.05) is 5.92 Å². The number of hydrogen-bond acceptors (Lipinski definition) is 0. The van der Waals surface area contributed by atoms with E-state index >= 15 is 0 Å². The summed E-state index contributed by atoms with van der Waals surface area (Å²) in [5.74, 6) is 0.190. The SMILES string of the molecule is CC1=CC(C(C)(C)C)=CC1C(c1ccccc1)(c1ccccc1)c1cc(C(C)(C)C)cc2c1Cc1ccc(C(C)(C)C)cc1-2. The van der Waals surface area contributed by atoms with Gasteiger partial charge in [-0.15, -0.1) is 0 Å². The Morgan fingerprint density at radius 3 is 1.59 bits per heavy atom. The molecule has 44 heavy (non-hydrogen) atoms. The van der Waals surface area contributed by atoms with Gasteiger partial charge in [-0.25, -0.2) is 0 Å². The van der Waals surface area contributed by atoms with E-state index in [0.717, 1.165) is 6.42 Å². The molecule has 2 aliphatic carbocycles. The normalized spacial score (nSPS) is 16.8. The fourth-order valence-corrected chi connectivity index (χ4v) is 7.56. The van der Waals surface area contributed by atoms with Gasteiger partial charge in [-0.1, -0.05) is 171 Å². The van der Waals surface area contributed by atoms with Crippen molar-refractivity contribution in [2.75, 3.05) is 0 Å². The van der Waals surface area contributed by atoms with Gasteiger partial charge in [0.2, 0.25) is 0 Å². The highest BCUT2D eigenvalue weighted by Crippen LogP contribution is 2.56. The molecule has 1 atom stereocenters. The van der Waals surface area contributed by atoms with Crippen molar-refractivity contribution in [1.82, 2.24) is 0 Å². The molecule has 0 fully saturated rings. The van der Waals surface area contributed by atoms with Gasteiger partial charge in [-0.3, -0.25) is 0 Å². The molecule has 2 aliphatic rings. The van der Waals surface area contributed by atoms with E-state index in [1.54, 1.807) is 0 Å². The zero-order chi connectivity index (χ0) is 31.7. The monoisotopic (exact) mass is 578 g/mol. The van der Waals surface area contributed by atoms with E-state index in [4.69, 9.17) is 0 Å². The molecule has 4 aromatic carbocycles. The molecule has 0 nitrogen and oxygen atoms in total. The summed E-state index contributed by atoms with van der Waals surface area (Å²) in [7, 11) is 0. The van der Waals surface area contributed by atoms with Crippen LogP contribution in [0, 0.1) is 11.3 Å². The lowest BCUT2D eigenvalue weighted by atomic mass is 9.58. The van der Waals surface area contributed by atoms with Crippen LogP contribution in [0.3, 0.4) is 0 Å². The van der Waals surface area contributed by atoms with Crippen molar-refractivity contribution in [3.63, 3.8) is 0 Å². The van der Waals surface area contributed by atoms with Gasteiger partial charge in [0.05, 0.1) is 5.41 Å². The first-order chi connectivity index (χ1) is 20.6. The minimum Gasteiger partial charge on any atom is -0.0720 e. The Balaban J connectivity index is 1.77. The van der Waals surface area contributed by atoms with Crippen LogP contribution < -0.4 is 0 Å². The second kappa shape index (κ2) is 10.5. The van der Waals surface area contributed by atoms with Crippen LogP contribution in [0.5, 0.6) is 0 Å². The second-order valence-electron chi connectivity index (χ2n) is 16.4. The van der Waals surface area contributed by atoms with Gasteiger partial charge < -0.3 is 0 Å². The van der Waals surface area contributed by atoms with E-state index in [-0.39, 0.29) is 22.2 Å². The molecule has 4 aromatic rings. The second-order valence-corrected chi connectivity index (χ2v) is 16.4. The Morgan fingerprint density at radius 2 is 1.09 bits per heavy atom. The van der Waals surface area contributed by atoms with Gasteiger partial charge >= 0.3 is 0 Å². The molecule has 0 aliphatic heterocycles. The van der Waals surface area contributed by atoms with Crippen LogP contribution in [-0.2, 0) is 22.7 Å². The summed E-state index contributed by atoms with van der Waals surface area (Å²) in [6.45, 7) is 23.5. The standard InChI is InChI=1S/C44H50/c1-29-23-34(42(5,6)7)27-39(29)44(31-17-13-11-14-18-31,32-19-15-12-16-20-32)40-28-35(43(8,9)10)26-37-36-25-33(41(2,3)4)22-21-30(36)24-38(37)40/h11-23,25-28,39H,24H2,1-10H3. The number of benzene rings is 4. The Hall–Kier alpha value is -3.64. The molecule has 0 N–H and O–H groups in total. The van der Waals surface area contributed by atoms with E-state index in [1.807, 2.05) is 0 Å². The highest BCUT2D eigenvalue weighted by Gasteiger charge is 2.48. The highest BCUT2D eigenvalue weighted by molar-refractivity contribution is 5.81. The first-order valence-corrected chi connectivity index (χ1v) is 16.4. The topological polar surface area (TPSA) is 0 Å². The summed E-state index contributed by atoms with van der Waals surface area (Å²) < 4.78 is 0. The van der Waals surface area contributed by atoms with Gasteiger partial charge in [0.15, 0.2) is 0 Å². The van der Waals surface area contributed by atoms with E-state index in [0.29, 0.717) is 0 Å². The third-order valence-electron chi connectivity index (χ3n) is 10.2. The first-order valence-electron chi connectivity index (χ1n) is 16.4. The summed E-state index contributed by atoms with van der Waals surface area (Å²) in [5.41, 5.74) is 15.4. The molecule has 0 spiro atoms. The zero-order valence-electron chi connectivity index (χ0n) is 28.6. The quantitative estimate of drug-likeness (QED) is 0.186. The van der Waals surface area contributed by atoms with Crippen LogP contribution in [-0.4, -0.2) is 0 Å². The van der Waals surface area contributed by atoms with E-state index in [1.165, 1.54) is 61.2 Å². The molecule has 0 bridgehead atoms. The lowest BCUT2D eigenvalue weighted by Gasteiger charge is -2.43. The van der Waals surface area contributed by atoms with Gasteiger partial charge in [-0.05, 0) is 85.2 Å². The fraction of sp³-hybridized carbons (Fsp3) is 0.364. The van der Waals surface area contributed by atoms with Crippen molar-refractivity contribution >= 4 is 0 Å². The molecule has 0 amide bonds. The molecule has 0 radical (unpaired) electrons. The molecule has 1 unspecified atom stereocenters. The molecule has 0 heterocycles. The van der Waals surface area contributed by atoms with Gasteiger partial charge in [0.25, 0.3) is 0 Å². The van der Waals surface area contributed by atoms with Crippen molar-refractivity contribution in [3.05, 3.63) is 153 Å². The van der Waals surface area contributed by atoms with Crippen LogP contribution in [0.4, 0.5) is 0 Å². The van der Waals surface area contributed by atoms with Crippen LogP contribution in [0.15, 0.2) is 114 Å². The zero-order valence-corrected chi connectivity index (χ0v) is 28.6. The van der Waals surface area contributed by atoms with Crippen molar-refractivity contribution in [2.24, 2.45) is 11.3 Å². The van der Waals surface area contributed by atoms with Crippen molar-refractivity contribution < 1.29 is 0 Å². The maximum absolute atomic E-state index is 2.60. The molecular formula is C44H50. The number of allylic oxidation sites excluding steroid dienone is 4. The summed E-state index contributed by atoms with van der Waals surface area (Å²) in [6, 6.07) is 35.1. The largest absolute Gasteiger partial charge is 0.0720 e. The van der Waals surface area contributed by atoms with E-state index < -0.39 is 5.41 Å². The lowest BCUT2D eigenvalue weighted by molar-refractivity contribution is 0.488. The Morgan fingerprint density at radius 1 is 0.545 bits per heavy atom. The maximum Gasteiger partial charge on any atom is 0.0554 e. The summed E-state index contributed by atoms with van der Waals surface area (Å²) >= 11 is 0. The average Bonchev–Trinajstić information content (AvgIpc) is 3.54. The van der Waals surface area contributed by atoms with Crippen LogP contribution >= 0.6 is 0 Å². The van der Waals surface area contributed by atoms with Gasteiger partial charge in [-0.2, -0.15) is 0 Å². The van der Waals surface area contributed by atoms with Crippen LogP contribution in [0.25, 0.3) is 11.1 Å².